The lowest BCUT2D eigenvalue weighted by atomic mass is 9.97. The van der Waals surface area contributed by atoms with Gasteiger partial charge in [-0.15, -0.1) is 0 Å². The molecular weight excluding hydrogens is 337 g/mol. The Morgan fingerprint density at radius 1 is 1.31 bits per heavy atom. The summed E-state index contributed by atoms with van der Waals surface area (Å²) in [5, 5.41) is 7.15. The minimum Gasteiger partial charge on any atom is -0.481 e. The third-order valence-corrected chi connectivity index (χ3v) is 4.39. The summed E-state index contributed by atoms with van der Waals surface area (Å²) in [4.78, 5) is 24.2. The maximum Gasteiger partial charge on any atom is 0.267 e. The van der Waals surface area contributed by atoms with Gasteiger partial charge in [0, 0.05) is 12.6 Å². The Bertz CT molecular complexity index is 833. The highest BCUT2D eigenvalue weighted by Crippen LogP contribution is 2.16. The molecule has 0 bridgehead atoms. The topological polar surface area (TPSA) is 73.2 Å². The van der Waals surface area contributed by atoms with Gasteiger partial charge in [-0.25, -0.2) is 9.07 Å². The molecule has 1 aromatic carbocycles. The van der Waals surface area contributed by atoms with E-state index in [0.29, 0.717) is 12.3 Å². The molecule has 1 heterocycles. The Morgan fingerprint density at radius 3 is 2.81 bits per heavy atom. The van der Waals surface area contributed by atoms with E-state index in [0.717, 1.165) is 36.9 Å². The molecule has 6 nitrogen and oxygen atoms in total. The largest absolute Gasteiger partial charge is 0.481 e. The van der Waals surface area contributed by atoms with Gasteiger partial charge in [0.05, 0.1) is 12.2 Å². The summed E-state index contributed by atoms with van der Waals surface area (Å²) in [5.41, 5.74) is 1.88. The SMILES string of the molecule is CC(Oc1ccc(F)cc1)C(=O)NCCn1nc2c(cc1=O)CCCC2. The van der Waals surface area contributed by atoms with Crippen LogP contribution < -0.4 is 15.6 Å². The van der Waals surface area contributed by atoms with Crippen molar-refractivity contribution in [2.75, 3.05) is 6.54 Å². The van der Waals surface area contributed by atoms with Gasteiger partial charge in [0.2, 0.25) is 0 Å². The number of ether oxygens (including phenoxy) is 1. The number of carbonyl (C=O) groups excluding carboxylic acids is 1. The van der Waals surface area contributed by atoms with Crippen LogP contribution in [0.3, 0.4) is 0 Å². The van der Waals surface area contributed by atoms with Crippen molar-refractivity contribution in [2.24, 2.45) is 0 Å². The van der Waals surface area contributed by atoms with Gasteiger partial charge in [0.25, 0.3) is 11.5 Å². The molecule has 0 spiro atoms. The van der Waals surface area contributed by atoms with Crippen LogP contribution in [0, 0.1) is 5.82 Å². The van der Waals surface area contributed by atoms with E-state index >= 15 is 0 Å². The minimum absolute atomic E-state index is 0.143. The van der Waals surface area contributed by atoms with E-state index in [2.05, 4.69) is 10.4 Å². The van der Waals surface area contributed by atoms with Gasteiger partial charge in [-0.2, -0.15) is 5.10 Å². The van der Waals surface area contributed by atoms with E-state index < -0.39 is 6.10 Å². The highest BCUT2D eigenvalue weighted by molar-refractivity contribution is 5.80. The van der Waals surface area contributed by atoms with E-state index in [-0.39, 0.29) is 23.8 Å². The van der Waals surface area contributed by atoms with Crippen molar-refractivity contribution in [3.8, 4) is 5.75 Å². The molecule has 26 heavy (non-hydrogen) atoms. The fraction of sp³-hybridized carbons (Fsp3) is 0.421. The van der Waals surface area contributed by atoms with Crippen LogP contribution in [-0.2, 0) is 24.2 Å². The summed E-state index contributed by atoms with van der Waals surface area (Å²) in [6, 6.07) is 7.14. The Balaban J connectivity index is 1.52. The Hall–Kier alpha value is -2.70. The zero-order chi connectivity index (χ0) is 18.5. The normalized spacial score (nSPS) is 14.4. The maximum absolute atomic E-state index is 12.9. The number of hydrogen-bond donors (Lipinski definition) is 1. The number of rotatable bonds is 6. The molecule has 7 heteroatoms. The van der Waals surface area contributed by atoms with Crippen LogP contribution in [0.5, 0.6) is 5.75 Å². The number of nitrogens with zero attached hydrogens (tertiary/aromatic N) is 2. The van der Waals surface area contributed by atoms with Crippen LogP contribution in [0.2, 0.25) is 0 Å². The third kappa shape index (κ3) is 4.47. The standard InChI is InChI=1S/C19H22FN3O3/c1-13(26-16-8-6-15(20)7-9-16)19(25)21-10-11-23-18(24)12-14-4-2-3-5-17(14)22-23/h6-9,12-13H,2-5,10-11H2,1H3,(H,21,25). The number of aryl methyl sites for hydroxylation is 2. The summed E-state index contributed by atoms with van der Waals surface area (Å²) in [7, 11) is 0. The van der Waals surface area contributed by atoms with Gasteiger partial charge in [0.1, 0.15) is 11.6 Å². The number of fused-ring (bicyclic) bond motifs is 1. The number of benzene rings is 1. The number of aromatic nitrogens is 2. The van der Waals surface area contributed by atoms with Crippen molar-refractivity contribution in [3.05, 3.63) is 57.8 Å². The number of hydrogen-bond acceptors (Lipinski definition) is 4. The molecule has 3 rings (SSSR count). The van der Waals surface area contributed by atoms with Crippen molar-refractivity contribution >= 4 is 5.91 Å². The molecule has 1 amide bonds. The molecule has 1 aliphatic carbocycles. The lowest BCUT2D eigenvalue weighted by Crippen LogP contribution is -2.39. The van der Waals surface area contributed by atoms with Gasteiger partial charge >= 0.3 is 0 Å². The van der Waals surface area contributed by atoms with Crippen LogP contribution in [-0.4, -0.2) is 28.3 Å². The second-order valence-electron chi connectivity index (χ2n) is 6.39. The first-order valence-electron chi connectivity index (χ1n) is 8.83. The summed E-state index contributed by atoms with van der Waals surface area (Å²) in [6.07, 6.45) is 3.26. The zero-order valence-electron chi connectivity index (χ0n) is 14.7. The van der Waals surface area contributed by atoms with E-state index in [9.17, 15) is 14.0 Å². The minimum atomic E-state index is -0.728. The molecule has 1 atom stereocenters. The molecule has 1 unspecified atom stereocenters. The molecule has 0 fully saturated rings. The fourth-order valence-corrected chi connectivity index (χ4v) is 2.96. The number of carbonyl (C=O) groups is 1. The van der Waals surface area contributed by atoms with Crippen LogP contribution in [0.1, 0.15) is 31.0 Å². The van der Waals surface area contributed by atoms with Gasteiger partial charge in [0.15, 0.2) is 6.10 Å². The zero-order valence-corrected chi connectivity index (χ0v) is 14.7. The summed E-state index contributed by atoms with van der Waals surface area (Å²) >= 11 is 0. The summed E-state index contributed by atoms with van der Waals surface area (Å²) in [6.45, 7) is 2.20. The van der Waals surface area contributed by atoms with Crippen molar-refractivity contribution in [1.82, 2.24) is 15.1 Å². The van der Waals surface area contributed by atoms with Crippen molar-refractivity contribution in [1.29, 1.82) is 0 Å². The van der Waals surface area contributed by atoms with E-state index in [1.165, 1.54) is 28.9 Å². The predicted molar refractivity (Wildman–Crippen MR) is 94.6 cm³/mol. The van der Waals surface area contributed by atoms with E-state index in [1.54, 1.807) is 13.0 Å². The molecule has 1 aromatic heterocycles. The van der Waals surface area contributed by atoms with Gasteiger partial charge in [-0.1, -0.05) is 0 Å². The summed E-state index contributed by atoms with van der Waals surface area (Å²) < 4.78 is 19.7. The summed E-state index contributed by atoms with van der Waals surface area (Å²) in [5.74, 6) is -0.251. The lowest BCUT2D eigenvalue weighted by molar-refractivity contribution is -0.127. The quantitative estimate of drug-likeness (QED) is 0.854. The average Bonchev–Trinajstić information content (AvgIpc) is 2.63. The molecule has 0 aliphatic heterocycles. The highest BCUT2D eigenvalue weighted by Gasteiger charge is 2.16. The number of nitrogens with one attached hydrogen (secondary N) is 1. The van der Waals surface area contributed by atoms with E-state index in [4.69, 9.17) is 4.74 Å². The second kappa shape index (κ2) is 8.12. The highest BCUT2D eigenvalue weighted by atomic mass is 19.1. The van der Waals surface area contributed by atoms with Crippen molar-refractivity contribution in [2.45, 2.75) is 45.3 Å². The van der Waals surface area contributed by atoms with Crippen molar-refractivity contribution < 1.29 is 13.9 Å². The van der Waals surface area contributed by atoms with Gasteiger partial charge in [-0.3, -0.25) is 9.59 Å². The predicted octanol–water partition coefficient (Wildman–Crippen LogP) is 1.84. The number of halogens is 1. The first-order chi connectivity index (χ1) is 12.5. The monoisotopic (exact) mass is 359 g/mol. The smallest absolute Gasteiger partial charge is 0.267 e. The molecule has 0 saturated heterocycles. The number of amides is 1. The average molecular weight is 359 g/mol. The third-order valence-electron chi connectivity index (χ3n) is 4.39. The van der Waals surface area contributed by atoms with Crippen molar-refractivity contribution in [3.63, 3.8) is 0 Å². The molecule has 0 radical (unpaired) electrons. The van der Waals surface area contributed by atoms with Crippen LogP contribution in [0.15, 0.2) is 35.1 Å². The molecular formula is C19H22FN3O3. The Kier molecular flexibility index (Phi) is 5.65. The first kappa shape index (κ1) is 18.1. The van der Waals surface area contributed by atoms with Gasteiger partial charge < -0.3 is 10.1 Å². The Labute approximate surface area is 151 Å². The first-order valence-corrected chi connectivity index (χ1v) is 8.83. The fourth-order valence-electron chi connectivity index (χ4n) is 2.96. The molecule has 138 valence electrons. The van der Waals surface area contributed by atoms with Crippen LogP contribution in [0.25, 0.3) is 0 Å². The molecule has 1 aliphatic rings. The molecule has 0 saturated carbocycles. The maximum atomic E-state index is 12.9. The molecule has 2 aromatic rings. The molecule has 1 N–H and O–H groups in total. The van der Waals surface area contributed by atoms with Crippen LogP contribution in [0.4, 0.5) is 4.39 Å². The second-order valence-corrected chi connectivity index (χ2v) is 6.39. The lowest BCUT2D eigenvalue weighted by Gasteiger charge is -2.17. The van der Waals surface area contributed by atoms with Crippen LogP contribution >= 0.6 is 0 Å². The Morgan fingerprint density at radius 2 is 2.04 bits per heavy atom. The van der Waals surface area contributed by atoms with E-state index in [1.807, 2.05) is 0 Å². The van der Waals surface area contributed by atoms with Gasteiger partial charge in [-0.05, 0) is 62.4 Å².